The highest BCUT2D eigenvalue weighted by Gasteiger charge is 2.65. The zero-order valence-corrected chi connectivity index (χ0v) is 12.2. The number of anilines is 2. The molecule has 19 heavy (non-hydrogen) atoms. The van der Waals surface area contributed by atoms with E-state index in [1.807, 2.05) is 23.8 Å². The molecule has 0 atom stereocenters. The minimum Gasteiger partial charge on any atom is -0.372 e. The van der Waals surface area contributed by atoms with E-state index >= 15 is 0 Å². The third-order valence-corrected chi connectivity index (χ3v) is 4.93. The molecule has 0 aromatic carbocycles. The Morgan fingerprint density at radius 1 is 1.21 bits per heavy atom. The van der Waals surface area contributed by atoms with Gasteiger partial charge in [0.1, 0.15) is 5.82 Å². The number of aromatic nitrogens is 3. The topological polar surface area (TPSA) is 54.2 Å². The summed E-state index contributed by atoms with van der Waals surface area (Å²) in [4.78, 5) is 8.98. The summed E-state index contributed by atoms with van der Waals surface area (Å²) in [7, 11) is 1.87. The molecule has 1 aliphatic rings. The van der Waals surface area contributed by atoms with E-state index in [1.165, 1.54) is 0 Å². The van der Waals surface area contributed by atoms with Crippen LogP contribution in [0, 0.1) is 10.8 Å². The van der Waals surface area contributed by atoms with Gasteiger partial charge in [0, 0.05) is 25.5 Å². The molecule has 2 aromatic heterocycles. The van der Waals surface area contributed by atoms with Crippen LogP contribution >= 0.6 is 0 Å². The van der Waals surface area contributed by atoms with Crippen LogP contribution < -0.4 is 10.6 Å². The van der Waals surface area contributed by atoms with E-state index in [-0.39, 0.29) is 10.8 Å². The fraction of sp³-hybridized carbons (Fsp3) is 0.571. The van der Waals surface area contributed by atoms with E-state index in [0.29, 0.717) is 6.04 Å². The molecule has 1 saturated carbocycles. The second kappa shape index (κ2) is 3.62. The summed E-state index contributed by atoms with van der Waals surface area (Å²) < 4.78 is 1.99. The SMILES string of the molecule is CNc1cn2ccnc2c(NC2C(C)(C)C2(C)C)n1. The van der Waals surface area contributed by atoms with E-state index in [0.717, 1.165) is 17.3 Å². The number of nitrogens with zero attached hydrogens (tertiary/aromatic N) is 3. The number of hydrogen-bond acceptors (Lipinski definition) is 4. The zero-order chi connectivity index (χ0) is 13.8. The molecule has 3 rings (SSSR count). The maximum absolute atomic E-state index is 4.60. The molecule has 0 spiro atoms. The molecule has 0 unspecified atom stereocenters. The Balaban J connectivity index is 1.99. The van der Waals surface area contributed by atoms with E-state index < -0.39 is 0 Å². The minimum atomic E-state index is 0.272. The normalized spacial score (nSPS) is 20.5. The highest BCUT2D eigenvalue weighted by molar-refractivity contribution is 5.66. The molecule has 0 aliphatic heterocycles. The van der Waals surface area contributed by atoms with Gasteiger partial charge in [0.05, 0.1) is 6.20 Å². The number of hydrogen-bond donors (Lipinski definition) is 2. The first-order chi connectivity index (χ1) is 8.88. The molecule has 0 bridgehead atoms. The van der Waals surface area contributed by atoms with Crippen LogP contribution in [-0.4, -0.2) is 27.5 Å². The van der Waals surface area contributed by atoms with Gasteiger partial charge in [0.15, 0.2) is 11.5 Å². The molecule has 5 heteroatoms. The summed E-state index contributed by atoms with van der Waals surface area (Å²) >= 11 is 0. The lowest BCUT2D eigenvalue weighted by Gasteiger charge is -2.10. The lowest BCUT2D eigenvalue weighted by atomic mass is 10.0. The number of nitrogens with one attached hydrogen (secondary N) is 2. The van der Waals surface area contributed by atoms with Crippen LogP contribution in [0.2, 0.25) is 0 Å². The minimum absolute atomic E-state index is 0.272. The highest BCUT2D eigenvalue weighted by atomic mass is 15.2. The fourth-order valence-corrected chi connectivity index (χ4v) is 2.84. The van der Waals surface area contributed by atoms with Gasteiger partial charge in [-0.1, -0.05) is 27.7 Å². The van der Waals surface area contributed by atoms with Crippen molar-refractivity contribution in [1.29, 1.82) is 0 Å². The molecule has 0 radical (unpaired) electrons. The molecule has 5 nitrogen and oxygen atoms in total. The zero-order valence-electron chi connectivity index (χ0n) is 12.2. The van der Waals surface area contributed by atoms with Crippen LogP contribution in [-0.2, 0) is 0 Å². The van der Waals surface area contributed by atoms with E-state index in [2.05, 4.69) is 48.3 Å². The second-order valence-electron chi connectivity index (χ2n) is 6.40. The van der Waals surface area contributed by atoms with Gasteiger partial charge in [-0.3, -0.25) is 0 Å². The van der Waals surface area contributed by atoms with Gasteiger partial charge in [0.2, 0.25) is 0 Å². The maximum Gasteiger partial charge on any atom is 0.180 e. The maximum atomic E-state index is 4.60. The lowest BCUT2D eigenvalue weighted by Crippen LogP contribution is -2.13. The van der Waals surface area contributed by atoms with Crippen molar-refractivity contribution in [3.8, 4) is 0 Å². The predicted octanol–water partition coefficient (Wildman–Crippen LogP) is 2.62. The third-order valence-electron chi connectivity index (χ3n) is 4.93. The van der Waals surface area contributed by atoms with Crippen molar-refractivity contribution in [3.63, 3.8) is 0 Å². The van der Waals surface area contributed by atoms with Gasteiger partial charge in [0.25, 0.3) is 0 Å². The highest BCUT2D eigenvalue weighted by Crippen LogP contribution is 2.63. The van der Waals surface area contributed by atoms with Crippen LogP contribution in [0.5, 0.6) is 0 Å². The molecule has 2 N–H and O–H groups in total. The Morgan fingerprint density at radius 2 is 1.89 bits per heavy atom. The van der Waals surface area contributed by atoms with Gasteiger partial charge in [-0.15, -0.1) is 0 Å². The lowest BCUT2D eigenvalue weighted by molar-refractivity contribution is 0.457. The largest absolute Gasteiger partial charge is 0.372 e. The van der Waals surface area contributed by atoms with Crippen molar-refractivity contribution in [3.05, 3.63) is 18.6 Å². The molecule has 102 valence electrons. The summed E-state index contributed by atoms with van der Waals surface area (Å²) in [5.41, 5.74) is 1.42. The summed E-state index contributed by atoms with van der Waals surface area (Å²) in [6.07, 6.45) is 5.67. The second-order valence-corrected chi connectivity index (χ2v) is 6.40. The average Bonchev–Trinajstić information content (AvgIpc) is 2.77. The van der Waals surface area contributed by atoms with Gasteiger partial charge in [-0.25, -0.2) is 9.97 Å². The van der Waals surface area contributed by atoms with Crippen molar-refractivity contribution in [1.82, 2.24) is 14.4 Å². The van der Waals surface area contributed by atoms with Crippen LogP contribution in [0.15, 0.2) is 18.6 Å². The molecule has 2 heterocycles. The number of imidazole rings is 1. The number of rotatable bonds is 3. The molecular weight excluding hydrogens is 238 g/mol. The van der Waals surface area contributed by atoms with Crippen LogP contribution in [0.3, 0.4) is 0 Å². The first-order valence-electron chi connectivity index (χ1n) is 6.66. The average molecular weight is 259 g/mol. The quantitative estimate of drug-likeness (QED) is 0.889. The Bertz CT molecular complexity index is 612. The van der Waals surface area contributed by atoms with Gasteiger partial charge >= 0.3 is 0 Å². The summed E-state index contributed by atoms with van der Waals surface area (Å²) in [6, 6.07) is 0.417. The van der Waals surface area contributed by atoms with Crippen molar-refractivity contribution in [2.75, 3.05) is 17.7 Å². The summed E-state index contributed by atoms with van der Waals surface area (Å²) in [6.45, 7) is 9.15. The molecule has 2 aromatic rings. The first kappa shape index (κ1) is 12.3. The van der Waals surface area contributed by atoms with Crippen LogP contribution in [0.4, 0.5) is 11.6 Å². The van der Waals surface area contributed by atoms with Gasteiger partial charge in [-0.05, 0) is 10.8 Å². The van der Waals surface area contributed by atoms with Gasteiger partial charge in [-0.2, -0.15) is 0 Å². The van der Waals surface area contributed by atoms with Crippen molar-refractivity contribution < 1.29 is 0 Å². The third kappa shape index (κ3) is 1.60. The molecular formula is C14H21N5. The van der Waals surface area contributed by atoms with Crippen LogP contribution in [0.25, 0.3) is 5.65 Å². The molecule has 1 aliphatic carbocycles. The van der Waals surface area contributed by atoms with Crippen molar-refractivity contribution in [2.24, 2.45) is 10.8 Å². The predicted molar refractivity (Wildman–Crippen MR) is 77.5 cm³/mol. The fourth-order valence-electron chi connectivity index (χ4n) is 2.84. The smallest absolute Gasteiger partial charge is 0.180 e. The Kier molecular flexibility index (Phi) is 2.34. The standard InChI is InChI=1S/C14H21N5/c1-13(2)12(14(13,3)4)18-10-11-16-6-7-19(11)8-9(15-5)17-10/h6-8,12,15H,1-5H3,(H,17,18). The van der Waals surface area contributed by atoms with Gasteiger partial charge < -0.3 is 15.0 Å². The molecule has 0 saturated heterocycles. The molecule has 0 amide bonds. The summed E-state index contributed by atoms with van der Waals surface area (Å²) in [5, 5.41) is 6.65. The Hall–Kier alpha value is -1.78. The first-order valence-corrected chi connectivity index (χ1v) is 6.66. The monoisotopic (exact) mass is 259 g/mol. The summed E-state index contributed by atoms with van der Waals surface area (Å²) in [5.74, 6) is 1.68. The molecule has 1 fully saturated rings. The van der Waals surface area contributed by atoms with Crippen LogP contribution in [0.1, 0.15) is 27.7 Å². The van der Waals surface area contributed by atoms with Crippen molar-refractivity contribution >= 4 is 17.3 Å². The van der Waals surface area contributed by atoms with E-state index in [4.69, 9.17) is 0 Å². The Morgan fingerprint density at radius 3 is 2.47 bits per heavy atom. The van der Waals surface area contributed by atoms with Crippen molar-refractivity contribution in [2.45, 2.75) is 33.7 Å². The van der Waals surface area contributed by atoms with E-state index in [9.17, 15) is 0 Å². The Labute approximate surface area is 113 Å². The van der Waals surface area contributed by atoms with E-state index in [1.54, 1.807) is 6.20 Å². The number of fused-ring (bicyclic) bond motifs is 1.